The molecule has 0 saturated heterocycles. The summed E-state index contributed by atoms with van der Waals surface area (Å²) in [7, 11) is -2.63. The number of rotatable bonds is 6. The molecular weight excluding hydrogens is 276 g/mol. The molecule has 10 heteroatoms. The maximum atomic E-state index is 11.2. The predicted molar refractivity (Wildman–Crippen MR) is 66.0 cm³/mol. The van der Waals surface area contributed by atoms with Gasteiger partial charge in [-0.25, -0.2) is 13.6 Å². The first kappa shape index (κ1) is 15.5. The Balaban J connectivity index is 3.03. The number of nitrogens with zero attached hydrogens (tertiary/aromatic N) is 3. The third-order valence-corrected chi connectivity index (χ3v) is 3.59. The average Bonchev–Trinajstić information content (AvgIpc) is 2.70. The van der Waals surface area contributed by atoms with Crippen LogP contribution in [0.15, 0.2) is 11.1 Å². The van der Waals surface area contributed by atoms with Gasteiger partial charge >= 0.3 is 5.82 Å². The topological polar surface area (TPSA) is 130 Å². The predicted octanol–water partition coefficient (Wildman–Crippen LogP) is 0.254. The molecule has 0 aromatic carbocycles. The van der Waals surface area contributed by atoms with E-state index in [2.05, 4.69) is 5.10 Å². The lowest BCUT2D eigenvalue weighted by Gasteiger charge is -2.21. The maximum absolute atomic E-state index is 11.2. The number of nitro groups is 1. The second kappa shape index (κ2) is 5.23. The van der Waals surface area contributed by atoms with Gasteiger partial charge in [-0.1, -0.05) is 0 Å². The van der Waals surface area contributed by atoms with Gasteiger partial charge in [-0.2, -0.15) is 4.68 Å². The monoisotopic (exact) mass is 292 g/mol. The zero-order chi connectivity index (χ0) is 14.8. The van der Waals surface area contributed by atoms with E-state index in [0.717, 1.165) is 6.20 Å². The van der Waals surface area contributed by atoms with Crippen molar-refractivity contribution < 1.29 is 18.1 Å². The molecule has 19 heavy (non-hydrogen) atoms. The smallest absolute Gasteiger partial charge is 0.379 e. The lowest BCUT2D eigenvalue weighted by molar-refractivity contribution is -0.392. The van der Waals surface area contributed by atoms with E-state index in [-0.39, 0.29) is 6.54 Å². The van der Waals surface area contributed by atoms with Crippen molar-refractivity contribution in [3.63, 3.8) is 0 Å². The van der Waals surface area contributed by atoms with Crippen molar-refractivity contribution >= 4 is 15.8 Å². The fraction of sp³-hybridized carbons (Fsp3) is 0.667. The molecule has 1 heterocycles. The van der Waals surface area contributed by atoms with Gasteiger partial charge in [0.15, 0.2) is 0 Å². The highest BCUT2D eigenvalue weighted by molar-refractivity contribution is 7.89. The Morgan fingerprint density at radius 2 is 2.16 bits per heavy atom. The van der Waals surface area contributed by atoms with Crippen LogP contribution in [0.5, 0.6) is 0 Å². The number of hydrogen-bond acceptors (Lipinski definition) is 6. The van der Waals surface area contributed by atoms with E-state index in [1.807, 2.05) is 13.8 Å². The fourth-order valence-electron chi connectivity index (χ4n) is 1.32. The van der Waals surface area contributed by atoms with Gasteiger partial charge in [0.05, 0.1) is 23.4 Å². The van der Waals surface area contributed by atoms with Gasteiger partial charge in [0, 0.05) is 7.11 Å². The molecule has 0 atom stereocenters. The second-order valence-electron chi connectivity index (χ2n) is 4.60. The highest BCUT2D eigenvalue weighted by Crippen LogP contribution is 2.21. The Kier molecular flexibility index (Phi) is 4.28. The molecule has 9 nitrogen and oxygen atoms in total. The quantitative estimate of drug-likeness (QED) is 0.591. The minimum absolute atomic E-state index is 0.275. The van der Waals surface area contributed by atoms with Crippen molar-refractivity contribution in [2.45, 2.75) is 37.3 Å². The number of primary sulfonamides is 1. The first-order chi connectivity index (χ1) is 8.57. The Bertz CT molecular complexity index is 577. The van der Waals surface area contributed by atoms with Crippen LogP contribution >= 0.6 is 0 Å². The largest absolute Gasteiger partial charge is 0.410 e. The normalized spacial score (nSPS) is 12.6. The standard InChI is InChI=1S/C9H16N4O5S/c1-9(2,18-3)4-5-12-6-7(19(10,16)17)8(11-12)13(14)15/h6H,4-5H2,1-3H3,(H2,10,16,17). The Labute approximate surface area is 110 Å². The van der Waals surface area contributed by atoms with E-state index < -0.39 is 31.3 Å². The minimum Gasteiger partial charge on any atom is -0.379 e. The summed E-state index contributed by atoms with van der Waals surface area (Å²) in [4.78, 5) is 9.26. The first-order valence-electron chi connectivity index (χ1n) is 5.36. The molecule has 0 aliphatic carbocycles. The van der Waals surface area contributed by atoms with Gasteiger partial charge in [-0.15, -0.1) is 0 Å². The highest BCUT2D eigenvalue weighted by Gasteiger charge is 2.29. The Morgan fingerprint density at radius 1 is 1.58 bits per heavy atom. The van der Waals surface area contributed by atoms with Crippen LogP contribution in [0.2, 0.25) is 0 Å². The van der Waals surface area contributed by atoms with Crippen LogP contribution in [-0.2, 0) is 21.3 Å². The summed E-state index contributed by atoms with van der Waals surface area (Å²) in [5.74, 6) is -0.766. The number of sulfonamides is 1. The summed E-state index contributed by atoms with van der Waals surface area (Å²) < 4.78 is 28.8. The van der Waals surface area contributed by atoms with Gasteiger partial charge in [-0.3, -0.25) is 0 Å². The minimum atomic E-state index is -4.17. The van der Waals surface area contributed by atoms with Crippen molar-refractivity contribution in [1.29, 1.82) is 0 Å². The molecule has 0 fully saturated rings. The summed E-state index contributed by atoms with van der Waals surface area (Å²) in [5, 5.41) is 19.2. The van der Waals surface area contributed by atoms with Crippen LogP contribution in [-0.4, -0.2) is 35.8 Å². The van der Waals surface area contributed by atoms with Gasteiger partial charge in [0.1, 0.15) is 0 Å². The number of aryl methyl sites for hydroxylation is 1. The zero-order valence-corrected chi connectivity index (χ0v) is 11.7. The van der Waals surface area contributed by atoms with Gasteiger partial charge in [0.2, 0.25) is 14.9 Å². The van der Waals surface area contributed by atoms with E-state index in [4.69, 9.17) is 9.88 Å². The van der Waals surface area contributed by atoms with Crippen LogP contribution in [0, 0.1) is 10.1 Å². The molecule has 0 amide bonds. The van der Waals surface area contributed by atoms with Crippen molar-refractivity contribution in [3.8, 4) is 0 Å². The summed E-state index contributed by atoms with van der Waals surface area (Å²) in [6.45, 7) is 3.95. The molecule has 0 bridgehead atoms. The molecule has 0 unspecified atom stereocenters. The molecule has 0 aliphatic rings. The number of nitrogens with two attached hydrogens (primary N) is 1. The number of aromatic nitrogens is 2. The van der Waals surface area contributed by atoms with E-state index in [1.165, 1.54) is 4.68 Å². The van der Waals surface area contributed by atoms with E-state index in [0.29, 0.717) is 6.42 Å². The summed E-state index contributed by atoms with van der Waals surface area (Å²) >= 11 is 0. The molecule has 0 radical (unpaired) electrons. The highest BCUT2D eigenvalue weighted by atomic mass is 32.2. The van der Waals surface area contributed by atoms with Crippen molar-refractivity contribution in [1.82, 2.24) is 9.78 Å². The Hall–Kier alpha value is -1.52. The number of ether oxygens (including phenoxy) is 1. The van der Waals surface area contributed by atoms with Crippen LogP contribution in [0.1, 0.15) is 20.3 Å². The van der Waals surface area contributed by atoms with Crippen LogP contribution in [0.4, 0.5) is 5.82 Å². The molecule has 108 valence electrons. The van der Waals surface area contributed by atoms with Gasteiger partial charge in [0.25, 0.3) is 0 Å². The first-order valence-corrected chi connectivity index (χ1v) is 6.91. The second-order valence-corrected chi connectivity index (χ2v) is 6.13. The lowest BCUT2D eigenvalue weighted by Crippen LogP contribution is -2.24. The number of hydrogen-bond donors (Lipinski definition) is 1. The van der Waals surface area contributed by atoms with Crippen LogP contribution < -0.4 is 5.14 Å². The van der Waals surface area contributed by atoms with Crippen molar-refractivity contribution in [2.24, 2.45) is 5.14 Å². The van der Waals surface area contributed by atoms with Crippen LogP contribution in [0.3, 0.4) is 0 Å². The molecule has 1 aromatic heterocycles. The van der Waals surface area contributed by atoms with E-state index in [1.54, 1.807) is 7.11 Å². The molecule has 0 aliphatic heterocycles. The lowest BCUT2D eigenvalue weighted by atomic mass is 10.1. The number of methoxy groups -OCH3 is 1. The molecule has 1 aromatic rings. The van der Waals surface area contributed by atoms with Crippen molar-refractivity contribution in [3.05, 3.63) is 16.3 Å². The van der Waals surface area contributed by atoms with Gasteiger partial charge in [-0.05, 0) is 25.2 Å². The molecule has 0 spiro atoms. The van der Waals surface area contributed by atoms with Gasteiger partial charge < -0.3 is 14.9 Å². The molecule has 1 rings (SSSR count). The fourth-order valence-corrected chi connectivity index (χ4v) is 1.96. The van der Waals surface area contributed by atoms with Crippen LogP contribution in [0.25, 0.3) is 0 Å². The maximum Gasteiger partial charge on any atom is 0.410 e. The molecular formula is C9H16N4O5S. The zero-order valence-electron chi connectivity index (χ0n) is 10.9. The third kappa shape index (κ3) is 3.98. The summed E-state index contributed by atoms with van der Waals surface area (Å²) in [6, 6.07) is 0. The Morgan fingerprint density at radius 3 is 2.53 bits per heavy atom. The van der Waals surface area contributed by atoms with Crippen molar-refractivity contribution in [2.75, 3.05) is 7.11 Å². The average molecular weight is 292 g/mol. The van der Waals surface area contributed by atoms with E-state index in [9.17, 15) is 18.5 Å². The molecule has 0 saturated carbocycles. The summed E-state index contributed by atoms with van der Waals surface area (Å²) in [5.41, 5.74) is -0.442. The molecule has 2 N–H and O–H groups in total. The summed E-state index contributed by atoms with van der Waals surface area (Å²) in [6.07, 6.45) is 1.56. The SMILES string of the molecule is COC(C)(C)CCn1cc(S(N)(=O)=O)c([N+](=O)[O-])n1. The van der Waals surface area contributed by atoms with E-state index >= 15 is 0 Å². The third-order valence-electron chi connectivity index (χ3n) is 2.68.